The van der Waals surface area contributed by atoms with Gasteiger partial charge in [-0.05, 0) is 25.5 Å². The summed E-state index contributed by atoms with van der Waals surface area (Å²) in [7, 11) is 0. The van der Waals surface area contributed by atoms with Crippen LogP contribution in [0.2, 0.25) is 0 Å². The minimum atomic E-state index is -1.03. The molecule has 0 aromatic heterocycles. The quantitative estimate of drug-likeness (QED) is 0.900. The Balaban J connectivity index is 1.84. The van der Waals surface area contributed by atoms with Crippen molar-refractivity contribution in [3.05, 3.63) is 29.8 Å². The van der Waals surface area contributed by atoms with Crippen LogP contribution in [0.15, 0.2) is 24.3 Å². The van der Waals surface area contributed by atoms with Gasteiger partial charge in [0, 0.05) is 19.4 Å². The fourth-order valence-corrected chi connectivity index (χ4v) is 3.32. The van der Waals surface area contributed by atoms with E-state index in [1.54, 1.807) is 18.2 Å². The number of Topliss-reactive ketones (excluding diaryl/α,β-unsaturated/α-hetero) is 1. The number of aliphatic carboxylic acids is 1. The van der Waals surface area contributed by atoms with Crippen LogP contribution in [-0.2, 0) is 9.59 Å². The number of carboxylic acid groups (broad SMARTS) is 1. The van der Waals surface area contributed by atoms with E-state index in [2.05, 4.69) is 0 Å². The van der Waals surface area contributed by atoms with E-state index in [1.165, 1.54) is 11.8 Å². The number of rotatable bonds is 2. The molecule has 6 nitrogen and oxygen atoms in total. The maximum absolute atomic E-state index is 12.4. The van der Waals surface area contributed by atoms with Gasteiger partial charge in [-0.25, -0.2) is 4.79 Å². The van der Waals surface area contributed by atoms with Crippen molar-refractivity contribution >= 4 is 17.7 Å². The number of hydrogen-bond donors (Lipinski definition) is 1. The molecule has 1 saturated heterocycles. The third kappa shape index (κ3) is 2.81. The zero-order valence-corrected chi connectivity index (χ0v) is 12.9. The second-order valence-corrected chi connectivity index (χ2v) is 6.23. The van der Waals surface area contributed by atoms with Gasteiger partial charge in [-0.15, -0.1) is 0 Å². The van der Waals surface area contributed by atoms with E-state index in [0.29, 0.717) is 24.2 Å². The highest BCUT2D eigenvalue weighted by Gasteiger charge is 2.44. The number of ketones is 1. The predicted molar refractivity (Wildman–Crippen MR) is 81.4 cm³/mol. The molecule has 0 saturated carbocycles. The molecule has 1 fully saturated rings. The number of benzene rings is 1. The molecule has 6 heteroatoms. The molecule has 0 aliphatic carbocycles. The monoisotopic (exact) mass is 317 g/mol. The number of para-hydroxylation sites is 1. The summed E-state index contributed by atoms with van der Waals surface area (Å²) in [4.78, 5) is 37.2. The van der Waals surface area contributed by atoms with E-state index in [1.807, 2.05) is 6.07 Å². The summed E-state index contributed by atoms with van der Waals surface area (Å²) in [6.07, 6.45) is 1.30. The Hall–Kier alpha value is -2.37. The van der Waals surface area contributed by atoms with Crippen molar-refractivity contribution in [3.8, 4) is 5.75 Å². The van der Waals surface area contributed by atoms with Crippen molar-refractivity contribution in [2.45, 2.75) is 44.2 Å². The van der Waals surface area contributed by atoms with Crippen molar-refractivity contribution in [1.82, 2.24) is 4.90 Å². The van der Waals surface area contributed by atoms with E-state index in [9.17, 15) is 14.4 Å². The van der Waals surface area contributed by atoms with Crippen molar-refractivity contribution in [3.63, 3.8) is 0 Å². The summed E-state index contributed by atoms with van der Waals surface area (Å²) in [5.41, 5.74) is -0.141. The van der Waals surface area contributed by atoms with Crippen LogP contribution in [-0.4, -0.2) is 45.9 Å². The number of nitrogens with zero attached hydrogens (tertiary/aromatic N) is 1. The minimum Gasteiger partial charge on any atom is -0.486 e. The summed E-state index contributed by atoms with van der Waals surface area (Å²) >= 11 is 0. The summed E-state index contributed by atoms with van der Waals surface area (Å²) in [5.74, 6) is -0.665. The van der Waals surface area contributed by atoms with E-state index >= 15 is 0 Å². The van der Waals surface area contributed by atoms with Gasteiger partial charge in [0.05, 0.1) is 12.0 Å². The molecule has 3 rings (SSSR count). The Kier molecular flexibility index (Phi) is 3.83. The first-order chi connectivity index (χ1) is 10.9. The first-order valence-electron chi connectivity index (χ1n) is 7.75. The molecule has 2 unspecified atom stereocenters. The molecular formula is C17H19NO5. The SMILES string of the molecule is CC(C(=O)O)N1CCC2(CCC1=O)CC(=O)c1ccccc1O2. The van der Waals surface area contributed by atoms with E-state index in [0.717, 1.165) is 0 Å². The second-order valence-electron chi connectivity index (χ2n) is 6.23. The Morgan fingerprint density at radius 3 is 2.78 bits per heavy atom. The lowest BCUT2D eigenvalue weighted by Gasteiger charge is -2.37. The molecule has 2 heterocycles. The van der Waals surface area contributed by atoms with Gasteiger partial charge in [-0.2, -0.15) is 0 Å². The molecule has 1 spiro atoms. The van der Waals surface area contributed by atoms with Gasteiger partial charge in [-0.3, -0.25) is 9.59 Å². The fraction of sp³-hybridized carbons (Fsp3) is 0.471. The van der Waals surface area contributed by atoms with Gasteiger partial charge in [0.2, 0.25) is 5.91 Å². The van der Waals surface area contributed by atoms with Gasteiger partial charge < -0.3 is 14.7 Å². The standard InChI is InChI=1S/C17H19NO5/c1-11(16(21)22)18-9-8-17(7-6-15(18)20)10-13(19)12-4-2-3-5-14(12)23-17/h2-5,11H,6-10H2,1H3,(H,21,22). The number of ether oxygens (including phenoxy) is 1. The van der Waals surface area contributed by atoms with Gasteiger partial charge in [0.15, 0.2) is 5.78 Å². The predicted octanol–water partition coefficient (Wildman–Crippen LogP) is 1.88. The van der Waals surface area contributed by atoms with Crippen LogP contribution >= 0.6 is 0 Å². The van der Waals surface area contributed by atoms with Crippen LogP contribution in [0.4, 0.5) is 0 Å². The van der Waals surface area contributed by atoms with Gasteiger partial charge >= 0.3 is 5.97 Å². The van der Waals surface area contributed by atoms with Crippen LogP contribution in [0.1, 0.15) is 43.0 Å². The number of fused-ring (bicyclic) bond motifs is 1. The van der Waals surface area contributed by atoms with Crippen molar-refractivity contribution in [2.75, 3.05) is 6.54 Å². The second kappa shape index (κ2) is 5.68. The van der Waals surface area contributed by atoms with E-state index in [-0.39, 0.29) is 31.1 Å². The van der Waals surface area contributed by atoms with E-state index in [4.69, 9.17) is 9.84 Å². The van der Waals surface area contributed by atoms with Gasteiger partial charge in [-0.1, -0.05) is 12.1 Å². The molecule has 2 aliphatic rings. The number of hydrogen-bond acceptors (Lipinski definition) is 4. The minimum absolute atomic E-state index is 0.0130. The Morgan fingerprint density at radius 2 is 2.04 bits per heavy atom. The average Bonchev–Trinajstić information content (AvgIpc) is 2.67. The fourth-order valence-electron chi connectivity index (χ4n) is 3.32. The number of amides is 1. The van der Waals surface area contributed by atoms with Crippen molar-refractivity contribution < 1.29 is 24.2 Å². The third-order valence-corrected chi connectivity index (χ3v) is 4.74. The first kappa shape index (κ1) is 15.5. The zero-order chi connectivity index (χ0) is 16.6. The van der Waals surface area contributed by atoms with Crippen LogP contribution in [0, 0.1) is 0 Å². The van der Waals surface area contributed by atoms with Crippen molar-refractivity contribution in [2.24, 2.45) is 0 Å². The first-order valence-corrected chi connectivity index (χ1v) is 7.75. The molecule has 2 aliphatic heterocycles. The van der Waals surface area contributed by atoms with Crippen LogP contribution in [0.25, 0.3) is 0 Å². The lowest BCUT2D eigenvalue weighted by molar-refractivity contribution is -0.149. The lowest BCUT2D eigenvalue weighted by Crippen LogP contribution is -2.45. The molecule has 1 amide bonds. The smallest absolute Gasteiger partial charge is 0.326 e. The van der Waals surface area contributed by atoms with Crippen LogP contribution in [0.3, 0.4) is 0 Å². The van der Waals surface area contributed by atoms with Gasteiger partial charge in [0.25, 0.3) is 0 Å². The summed E-state index contributed by atoms with van der Waals surface area (Å²) in [6, 6.07) is 6.24. The van der Waals surface area contributed by atoms with Gasteiger partial charge in [0.1, 0.15) is 17.4 Å². The maximum atomic E-state index is 12.4. The largest absolute Gasteiger partial charge is 0.486 e. The molecular weight excluding hydrogens is 298 g/mol. The van der Waals surface area contributed by atoms with Crippen LogP contribution < -0.4 is 4.74 Å². The number of likely N-dealkylation sites (tertiary alicyclic amines) is 1. The van der Waals surface area contributed by atoms with E-state index < -0.39 is 17.6 Å². The maximum Gasteiger partial charge on any atom is 0.326 e. The van der Waals surface area contributed by atoms with Crippen molar-refractivity contribution in [1.29, 1.82) is 0 Å². The molecule has 0 radical (unpaired) electrons. The molecule has 122 valence electrons. The number of carboxylic acids is 1. The normalized spacial score (nSPS) is 25.5. The Morgan fingerprint density at radius 1 is 1.30 bits per heavy atom. The summed E-state index contributed by atoms with van der Waals surface area (Å²) in [6.45, 7) is 1.78. The average molecular weight is 317 g/mol. The Labute approximate surface area is 134 Å². The number of carbonyl (C=O) groups excluding carboxylic acids is 2. The molecule has 2 atom stereocenters. The molecule has 1 N–H and O–H groups in total. The number of carbonyl (C=O) groups is 3. The highest BCUT2D eigenvalue weighted by Crippen LogP contribution is 2.39. The third-order valence-electron chi connectivity index (χ3n) is 4.74. The highest BCUT2D eigenvalue weighted by molar-refractivity contribution is 6.00. The topological polar surface area (TPSA) is 83.9 Å². The molecule has 1 aromatic rings. The molecule has 23 heavy (non-hydrogen) atoms. The summed E-state index contributed by atoms with van der Waals surface area (Å²) in [5, 5.41) is 9.14. The lowest BCUT2D eigenvalue weighted by atomic mass is 9.84. The molecule has 0 bridgehead atoms. The molecule has 1 aromatic carbocycles. The summed E-state index contributed by atoms with van der Waals surface area (Å²) < 4.78 is 6.10. The Bertz CT molecular complexity index is 671. The van der Waals surface area contributed by atoms with Crippen LogP contribution in [0.5, 0.6) is 5.75 Å². The zero-order valence-electron chi connectivity index (χ0n) is 12.9. The highest BCUT2D eigenvalue weighted by atomic mass is 16.5.